The molecule has 404 valence electrons. The third-order valence-corrected chi connectivity index (χ3v) is 22.2. The summed E-state index contributed by atoms with van der Waals surface area (Å²) in [4.78, 5) is 8.82. The minimum atomic E-state index is -0.552. The molecule has 3 aliphatic heterocycles. The molecule has 11 nitrogen and oxygen atoms in total. The van der Waals surface area contributed by atoms with Gasteiger partial charge in [0.25, 0.3) is 0 Å². The summed E-state index contributed by atoms with van der Waals surface area (Å²) in [5.41, 5.74) is 7.90. The van der Waals surface area contributed by atoms with Crippen molar-refractivity contribution in [3.05, 3.63) is 166 Å². The topological polar surface area (TPSA) is 186 Å². The Kier molecular flexibility index (Phi) is 12.1. The molecule has 2 bridgehead atoms. The van der Waals surface area contributed by atoms with Crippen molar-refractivity contribution in [3.8, 4) is 28.7 Å². The van der Waals surface area contributed by atoms with Gasteiger partial charge in [-0.25, -0.2) is 4.98 Å². The largest absolute Gasteiger partial charge is 0.507 e. The third kappa shape index (κ3) is 7.39. The second-order valence-corrected chi connectivity index (χ2v) is 25.3. The number of phenolic OH excluding ortho intramolecular Hbond substituents is 5. The maximum atomic E-state index is 13.1. The van der Waals surface area contributed by atoms with Gasteiger partial charge in [-0.2, -0.15) is 0 Å². The van der Waals surface area contributed by atoms with E-state index in [9.17, 15) is 30.6 Å². The van der Waals surface area contributed by atoms with Gasteiger partial charge in [-0.3, -0.25) is 0 Å². The van der Waals surface area contributed by atoms with Crippen LogP contribution < -0.4 is 16.0 Å². The smallest absolute Gasteiger partial charge is 0.169 e. The van der Waals surface area contributed by atoms with Crippen molar-refractivity contribution >= 4 is 22.9 Å². The van der Waals surface area contributed by atoms with E-state index in [0.717, 1.165) is 31.4 Å². The lowest BCUT2D eigenvalue weighted by Gasteiger charge is -2.75. The summed E-state index contributed by atoms with van der Waals surface area (Å²) >= 11 is 0. The number of aromatic amines is 1. The van der Waals surface area contributed by atoms with Crippen molar-refractivity contribution in [2.24, 2.45) is 39.9 Å². The van der Waals surface area contributed by atoms with Gasteiger partial charge >= 0.3 is 0 Å². The number of aromatic nitrogens is 2. The number of aliphatic hydroxyl groups is 1. The second-order valence-electron chi connectivity index (χ2n) is 25.3. The first-order chi connectivity index (χ1) is 38.0. The highest BCUT2D eigenvalue weighted by atomic mass is 16.3. The molecule has 0 amide bonds. The number of aryl methyl sites for hydroxylation is 1. The fourth-order valence-electron chi connectivity index (χ4n) is 19.4. The van der Waals surface area contributed by atoms with E-state index in [1.54, 1.807) is 18.2 Å². The molecule has 14 atom stereocenters. The number of hydrogen-bond donors (Lipinski definition) is 10. The Bertz CT molecular complexity index is 3360. The summed E-state index contributed by atoms with van der Waals surface area (Å²) in [6.07, 6.45) is 29.4. The number of rotatable bonds is 10. The molecular formula is C67H75N5O6. The summed E-state index contributed by atoms with van der Waals surface area (Å²) in [5, 5.41) is 80.7. The number of nitrogens with zero attached hydrogens (tertiary/aromatic N) is 1. The molecule has 14 unspecified atom stereocenters. The molecule has 10 N–H and O–H groups in total. The highest BCUT2D eigenvalue weighted by Gasteiger charge is 2.78. The van der Waals surface area contributed by atoms with Crippen molar-refractivity contribution in [3.63, 3.8) is 0 Å². The van der Waals surface area contributed by atoms with Crippen molar-refractivity contribution in [1.82, 2.24) is 25.9 Å². The molecule has 5 aliphatic carbocycles. The Morgan fingerprint density at radius 2 is 1.58 bits per heavy atom. The van der Waals surface area contributed by atoms with Crippen LogP contribution in [0.3, 0.4) is 0 Å². The molecule has 4 saturated carbocycles. The van der Waals surface area contributed by atoms with Crippen molar-refractivity contribution in [2.45, 2.75) is 131 Å². The second kappa shape index (κ2) is 18.9. The zero-order valence-electron chi connectivity index (χ0n) is 44.7. The number of benzene rings is 5. The number of hydrogen-bond acceptors (Lipinski definition) is 10. The molecule has 6 aromatic rings. The average Bonchev–Trinajstić information content (AvgIpc) is 1.93. The van der Waals surface area contributed by atoms with E-state index >= 15 is 0 Å². The predicted molar refractivity (Wildman–Crippen MR) is 305 cm³/mol. The van der Waals surface area contributed by atoms with Crippen LogP contribution in [0, 0.1) is 39.9 Å². The minimum Gasteiger partial charge on any atom is -0.507 e. The van der Waals surface area contributed by atoms with Crippen LogP contribution in [0.15, 0.2) is 127 Å². The highest BCUT2D eigenvalue weighted by molar-refractivity contribution is 6.03. The fraction of sp³-hybridized carbons (Fsp3) is 0.448. The van der Waals surface area contributed by atoms with Crippen LogP contribution in [-0.4, -0.2) is 78.4 Å². The van der Waals surface area contributed by atoms with E-state index in [2.05, 4.69) is 107 Å². The van der Waals surface area contributed by atoms with Crippen LogP contribution in [0.4, 0.5) is 0 Å². The van der Waals surface area contributed by atoms with Gasteiger partial charge in [0.1, 0.15) is 5.75 Å². The number of phenols is 5. The van der Waals surface area contributed by atoms with E-state index in [1.807, 2.05) is 18.5 Å². The SMILES string of the molecule is CNCC1=CC(c2ccccc2)C2CC3(CC1N2)CC(c1ccc(CCc2c(O)c(O)c4c(O)cccc4c2C=Cc2ccc(O)c(O)c2)cc1)NC1C3CC2CCCC23CCC24CCCC2C=CC(O)C4C13c1cnc[nH]1. The standard InChI is InChI=1S/C67H75N5O6/c1-68-36-43-31-49(41-8-3-2-4-9-41)53-35-64(34-52(43)71-53)33-51(72-63-50(64)32-45-11-7-27-66(45)29-28-65-26-6-10-44(65)21-25-56(75)62(65)67(63,66)58-37-69-38-70-58)42-19-14-39(15-20-42)16-23-48-46(22-17-40-18-24-54(73)57(76)30-40)47-12-5-13-55(74)59(47)61(78)60(48)77/h2-5,8-9,12-15,17-22,24-25,30-31,37-38,44-45,49-53,56,62-63,68,71-78H,6-7,10-11,16,23,26-29,32-36H2,1H3,(H,69,70). The third-order valence-electron chi connectivity index (χ3n) is 22.2. The minimum absolute atomic E-state index is 0.0176. The Morgan fingerprint density at radius 3 is 2.38 bits per heavy atom. The maximum Gasteiger partial charge on any atom is 0.169 e. The Labute approximate surface area is 457 Å². The van der Waals surface area contributed by atoms with Gasteiger partial charge in [0.2, 0.25) is 0 Å². The molecule has 1 aromatic heterocycles. The number of likely N-dealkylation sites (N-methyl/N-ethyl adjacent to an activating group) is 1. The van der Waals surface area contributed by atoms with Crippen LogP contribution in [0.1, 0.15) is 128 Å². The molecule has 14 rings (SSSR count). The summed E-state index contributed by atoms with van der Waals surface area (Å²) in [5.74, 6) is 0.467. The van der Waals surface area contributed by atoms with Gasteiger partial charge in [-0.15, -0.1) is 0 Å². The maximum absolute atomic E-state index is 13.1. The molecule has 3 spiro atoms. The monoisotopic (exact) mass is 1050 g/mol. The average molecular weight is 1050 g/mol. The normalized spacial score (nSPS) is 35.5. The van der Waals surface area contributed by atoms with Crippen LogP contribution in [0.25, 0.3) is 22.9 Å². The number of allylic oxidation sites excluding steroid dienone is 1. The molecule has 78 heavy (non-hydrogen) atoms. The molecular weight excluding hydrogens is 971 g/mol. The summed E-state index contributed by atoms with van der Waals surface area (Å²) in [6, 6.07) is 30.6. The Hall–Kier alpha value is -6.37. The van der Waals surface area contributed by atoms with Crippen molar-refractivity contribution < 1.29 is 30.6 Å². The van der Waals surface area contributed by atoms with Gasteiger partial charge in [0.05, 0.1) is 17.8 Å². The summed E-state index contributed by atoms with van der Waals surface area (Å²) in [7, 11) is 2.08. The van der Waals surface area contributed by atoms with E-state index in [4.69, 9.17) is 4.98 Å². The van der Waals surface area contributed by atoms with Crippen molar-refractivity contribution in [1.29, 1.82) is 0 Å². The zero-order valence-corrected chi connectivity index (χ0v) is 44.7. The first-order valence-corrected chi connectivity index (χ1v) is 29.2. The predicted octanol–water partition coefficient (Wildman–Crippen LogP) is 11.4. The van der Waals surface area contributed by atoms with Crippen molar-refractivity contribution in [2.75, 3.05) is 13.6 Å². The van der Waals surface area contributed by atoms with E-state index in [1.165, 1.54) is 98.4 Å². The lowest BCUT2D eigenvalue weighted by atomic mass is 9.31. The van der Waals surface area contributed by atoms with Gasteiger partial charge in [-0.1, -0.05) is 116 Å². The molecule has 8 aliphatic rings. The van der Waals surface area contributed by atoms with Gasteiger partial charge in [0, 0.05) is 65.4 Å². The molecule has 11 heteroatoms. The Morgan fingerprint density at radius 1 is 0.744 bits per heavy atom. The fourth-order valence-corrected chi connectivity index (χ4v) is 19.4. The number of piperidine rings is 2. The number of aromatic hydroxyl groups is 5. The number of aliphatic hydroxyl groups excluding tert-OH is 1. The van der Waals surface area contributed by atoms with E-state index in [-0.39, 0.29) is 91.8 Å². The summed E-state index contributed by atoms with van der Waals surface area (Å²) < 4.78 is 0. The number of nitrogens with one attached hydrogen (secondary N) is 4. The highest BCUT2D eigenvalue weighted by Crippen LogP contribution is 2.79. The van der Waals surface area contributed by atoms with Crippen LogP contribution in [0.2, 0.25) is 0 Å². The van der Waals surface area contributed by atoms with Crippen LogP contribution in [0.5, 0.6) is 28.7 Å². The zero-order chi connectivity index (χ0) is 53.1. The first-order valence-electron chi connectivity index (χ1n) is 29.2. The summed E-state index contributed by atoms with van der Waals surface area (Å²) in [6.45, 7) is 0.842. The lowest BCUT2D eigenvalue weighted by Crippen LogP contribution is -2.78. The Balaban J connectivity index is 0.875. The number of fused-ring (bicyclic) bond motifs is 7. The van der Waals surface area contributed by atoms with Crippen LogP contribution >= 0.6 is 0 Å². The molecule has 0 radical (unpaired) electrons. The number of imidazole rings is 1. The van der Waals surface area contributed by atoms with E-state index < -0.39 is 6.10 Å². The molecule has 6 fully saturated rings. The van der Waals surface area contributed by atoms with Gasteiger partial charge in [-0.05, 0) is 175 Å². The lowest BCUT2D eigenvalue weighted by molar-refractivity contribution is -0.217. The van der Waals surface area contributed by atoms with Gasteiger partial charge in [0.15, 0.2) is 23.0 Å². The quantitative estimate of drug-likeness (QED) is 0.0360. The van der Waals surface area contributed by atoms with E-state index in [0.29, 0.717) is 52.7 Å². The van der Waals surface area contributed by atoms with Gasteiger partial charge < -0.3 is 51.6 Å². The van der Waals surface area contributed by atoms with Crippen LogP contribution in [-0.2, 0) is 18.3 Å². The number of H-pyrrole nitrogens is 1. The first kappa shape index (κ1) is 49.9. The molecule has 2 saturated heterocycles. The molecule has 5 aromatic carbocycles. The molecule has 4 heterocycles.